The Balaban J connectivity index is 2.00. The maximum Gasteiger partial charge on any atom is 0.166 e. The maximum atomic E-state index is 4.06. The van der Waals surface area contributed by atoms with Crippen molar-refractivity contribution in [3.63, 3.8) is 0 Å². The van der Waals surface area contributed by atoms with Crippen molar-refractivity contribution >= 4 is 59.2 Å². The third-order valence-corrected chi connectivity index (χ3v) is 21.1. The Morgan fingerprint density at radius 3 is 0.979 bits per heavy atom. The molecule has 5 aromatic carbocycles. The smallest absolute Gasteiger partial charge is 0.120 e. The second-order valence-corrected chi connectivity index (χ2v) is 24.4. The number of rotatable bonds is 8. The van der Waals surface area contributed by atoms with Gasteiger partial charge in [-0.2, -0.15) is 0 Å². The lowest BCUT2D eigenvalue weighted by Crippen LogP contribution is -2.38. The molecule has 0 aliphatic rings. The van der Waals surface area contributed by atoms with Gasteiger partial charge in [0.15, 0.2) is 16.1 Å². The maximum absolute atomic E-state index is 4.06. The largest absolute Gasteiger partial charge is 0.166 e. The first-order valence-electron chi connectivity index (χ1n) is 18.2. The highest BCUT2D eigenvalue weighted by atomic mass is 28.3. The second-order valence-electron chi connectivity index (χ2n) is 14.8. The van der Waals surface area contributed by atoms with Crippen molar-refractivity contribution < 1.29 is 0 Å². The summed E-state index contributed by atoms with van der Waals surface area (Å²) in [5.41, 5.74) is 17.5. The summed E-state index contributed by atoms with van der Waals surface area (Å²) in [5, 5.41) is 9.84. The van der Waals surface area contributed by atoms with E-state index in [0.717, 1.165) is 24.0 Å². The molecule has 0 atom stereocenters. The molecule has 0 aromatic heterocycles. The third-order valence-electron chi connectivity index (χ3n) is 10.7. The van der Waals surface area contributed by atoms with Crippen LogP contribution in [-0.4, -0.2) is 16.1 Å². The Kier molecular flexibility index (Phi) is 10.9. The minimum absolute atomic E-state index is 0.512. The zero-order valence-electron chi connectivity index (χ0n) is 31.0. The van der Waals surface area contributed by atoms with E-state index in [4.69, 9.17) is 0 Å². The monoisotopic (exact) mass is 662 g/mol. The van der Waals surface area contributed by atoms with Crippen LogP contribution in [0.25, 0.3) is 43.1 Å². The van der Waals surface area contributed by atoms with Crippen LogP contribution in [0.4, 0.5) is 0 Å². The van der Waals surface area contributed by atoms with Crippen molar-refractivity contribution in [3.05, 3.63) is 107 Å². The molecule has 0 aliphatic heterocycles. The topological polar surface area (TPSA) is 0 Å². The van der Waals surface area contributed by atoms with Crippen LogP contribution in [0.1, 0.15) is 93.2 Å². The van der Waals surface area contributed by atoms with Crippen LogP contribution < -0.4 is 0 Å². The number of hydrogen-bond donors (Lipinski definition) is 0. The molecule has 0 saturated heterocycles. The molecule has 0 unspecified atom stereocenters. The van der Waals surface area contributed by atoms with E-state index >= 15 is 0 Å². The molecule has 0 amide bonds. The number of benzene rings is 5. The first-order chi connectivity index (χ1) is 23.0. The van der Waals surface area contributed by atoms with Gasteiger partial charge in [-0.25, -0.2) is 0 Å². The van der Waals surface area contributed by atoms with Crippen molar-refractivity contribution in [2.24, 2.45) is 0 Å². The molecule has 0 bridgehead atoms. The van der Waals surface area contributed by atoms with Crippen LogP contribution in [0.3, 0.4) is 0 Å². The van der Waals surface area contributed by atoms with Gasteiger partial charge in [-0.1, -0.05) is 153 Å². The van der Waals surface area contributed by atoms with Crippen molar-refractivity contribution in [3.8, 4) is 22.9 Å². The number of allylic oxidation sites excluding steroid dienone is 2. The minimum Gasteiger partial charge on any atom is -0.120 e. The first-order valence-corrected chi connectivity index (χ1v) is 22.7. The fourth-order valence-corrected chi connectivity index (χ4v) is 15.1. The fraction of sp³-hybridized carbons (Fsp3) is 0.348. The molecule has 0 aliphatic carbocycles. The molecule has 5 rings (SSSR count). The van der Waals surface area contributed by atoms with Gasteiger partial charge >= 0.3 is 0 Å². The lowest BCUT2D eigenvalue weighted by Gasteiger charge is -2.31. The van der Waals surface area contributed by atoms with E-state index in [9.17, 15) is 0 Å². The van der Waals surface area contributed by atoms with Crippen LogP contribution in [0.15, 0.2) is 96.3 Å². The number of fused-ring (bicyclic) bond motifs is 4. The average molecular weight is 663 g/mol. The highest BCUT2D eigenvalue weighted by Gasteiger charge is 2.37. The molecular formula is C46H54Si2. The van der Waals surface area contributed by atoms with E-state index in [1.165, 1.54) is 43.1 Å². The quantitative estimate of drug-likeness (QED) is 0.0881. The lowest BCUT2D eigenvalue weighted by molar-refractivity contribution is 0.928. The van der Waals surface area contributed by atoms with Crippen molar-refractivity contribution in [2.45, 2.75) is 104 Å². The molecular weight excluding hydrogens is 609 g/mol. The minimum atomic E-state index is -2.10. The van der Waals surface area contributed by atoms with E-state index in [-0.39, 0.29) is 0 Å². The summed E-state index contributed by atoms with van der Waals surface area (Å²) >= 11 is 0. The SMILES string of the molecule is CCC=C[Si](C#Cc1c2cc3ccccc3cc2c(C#C[Si](C=CCC)(C(C)C)C(C)C)c2cc3ccccc3cc12)(C(C)C)C(C)C. The van der Waals surface area contributed by atoms with Gasteiger partial charge in [0.2, 0.25) is 0 Å². The van der Waals surface area contributed by atoms with Gasteiger partial charge in [-0.3, -0.25) is 0 Å². The van der Waals surface area contributed by atoms with Gasteiger partial charge in [0.05, 0.1) is 0 Å². The Morgan fingerprint density at radius 1 is 0.479 bits per heavy atom. The van der Waals surface area contributed by atoms with E-state index in [0.29, 0.717) is 22.2 Å². The highest BCUT2D eigenvalue weighted by Crippen LogP contribution is 2.39. The van der Waals surface area contributed by atoms with Gasteiger partial charge in [0, 0.05) is 11.1 Å². The van der Waals surface area contributed by atoms with Gasteiger partial charge < -0.3 is 0 Å². The van der Waals surface area contributed by atoms with Crippen LogP contribution in [0.2, 0.25) is 22.2 Å². The van der Waals surface area contributed by atoms with Gasteiger partial charge in [0.1, 0.15) is 0 Å². The molecule has 0 heterocycles. The number of hydrogen-bond acceptors (Lipinski definition) is 0. The van der Waals surface area contributed by atoms with E-state index in [1.54, 1.807) is 0 Å². The van der Waals surface area contributed by atoms with Gasteiger partial charge in [-0.15, -0.1) is 11.1 Å². The van der Waals surface area contributed by atoms with Crippen molar-refractivity contribution in [1.29, 1.82) is 0 Å². The molecule has 2 heteroatoms. The lowest BCUT2D eigenvalue weighted by atomic mass is 9.89. The van der Waals surface area contributed by atoms with Crippen LogP contribution in [0.5, 0.6) is 0 Å². The molecule has 0 fully saturated rings. The molecule has 0 spiro atoms. The van der Waals surface area contributed by atoms with E-state index < -0.39 is 16.1 Å². The van der Waals surface area contributed by atoms with Crippen molar-refractivity contribution in [2.75, 3.05) is 0 Å². The standard InChI is InChI=1S/C46H54Si2/c1-11-13-25-47(33(3)4,34(5)6)27-23-41-43-29-37-19-15-17-21-39(37)31-45(43)42(24-28-48(35(7)8,36(9)10)26-14-12-2)46-32-40-22-18-16-20-38(40)30-44(41)46/h13-22,25-26,29-36H,11-12H2,1-10H3. The molecule has 0 radical (unpaired) electrons. The zero-order chi connectivity index (χ0) is 34.6. The van der Waals surface area contributed by atoms with Crippen LogP contribution >= 0.6 is 0 Å². The summed E-state index contributed by atoms with van der Waals surface area (Å²) in [4.78, 5) is 0. The summed E-state index contributed by atoms with van der Waals surface area (Å²) in [6.07, 6.45) is 6.81. The van der Waals surface area contributed by atoms with Crippen molar-refractivity contribution in [1.82, 2.24) is 0 Å². The summed E-state index contributed by atoms with van der Waals surface area (Å²) in [6, 6.07) is 27.1. The predicted molar refractivity (Wildman–Crippen MR) is 221 cm³/mol. The normalized spacial score (nSPS) is 12.8. The molecule has 5 aromatic rings. The zero-order valence-corrected chi connectivity index (χ0v) is 33.0. The third kappa shape index (κ3) is 6.59. The molecule has 0 nitrogen and oxygen atoms in total. The summed E-state index contributed by atoms with van der Waals surface area (Å²) in [6.45, 7) is 23.5. The Morgan fingerprint density at radius 2 is 0.750 bits per heavy atom. The van der Waals surface area contributed by atoms with Crippen LogP contribution in [-0.2, 0) is 0 Å². The summed E-state index contributed by atoms with van der Waals surface area (Å²) in [7, 11) is -4.20. The van der Waals surface area contributed by atoms with Gasteiger partial charge in [0.25, 0.3) is 0 Å². The fourth-order valence-electron chi connectivity index (χ4n) is 7.60. The predicted octanol–water partition coefficient (Wildman–Crippen LogP) is 13.6. The summed E-state index contributed by atoms with van der Waals surface area (Å²) in [5.74, 6) is 7.89. The average Bonchev–Trinajstić information content (AvgIpc) is 3.06. The van der Waals surface area contributed by atoms with E-state index in [1.807, 2.05) is 0 Å². The first kappa shape index (κ1) is 35.5. The highest BCUT2D eigenvalue weighted by molar-refractivity contribution is 6.94. The molecule has 48 heavy (non-hydrogen) atoms. The Labute approximate surface area is 292 Å². The summed E-state index contributed by atoms with van der Waals surface area (Å²) < 4.78 is 0. The second kappa shape index (κ2) is 14.7. The molecule has 0 saturated carbocycles. The van der Waals surface area contributed by atoms with E-state index in [2.05, 4.69) is 189 Å². The Bertz CT molecular complexity index is 1870. The van der Waals surface area contributed by atoms with Crippen LogP contribution in [0, 0.1) is 22.9 Å². The molecule has 246 valence electrons. The molecule has 0 N–H and O–H groups in total. The van der Waals surface area contributed by atoms with Gasteiger partial charge in [-0.05, 0) is 102 Å². The Hall–Kier alpha value is -3.83.